The summed E-state index contributed by atoms with van der Waals surface area (Å²) in [4.78, 5) is 17.0. The number of para-hydroxylation sites is 1. The van der Waals surface area contributed by atoms with E-state index in [1.165, 1.54) is 17.8 Å². The summed E-state index contributed by atoms with van der Waals surface area (Å²) in [6, 6.07) is 20.7. The van der Waals surface area contributed by atoms with Crippen molar-refractivity contribution in [2.24, 2.45) is 13.0 Å². The fraction of sp³-hybridized carbons (Fsp3) is 0.429. The summed E-state index contributed by atoms with van der Waals surface area (Å²) in [6.07, 6.45) is 2.30. The van der Waals surface area contributed by atoms with E-state index in [9.17, 15) is 4.79 Å². The first-order chi connectivity index (χ1) is 17.0. The van der Waals surface area contributed by atoms with E-state index in [2.05, 4.69) is 71.3 Å². The fourth-order valence-electron chi connectivity index (χ4n) is 5.53. The molecule has 1 aromatic heterocycles. The van der Waals surface area contributed by atoms with Crippen molar-refractivity contribution in [1.29, 1.82) is 0 Å². The minimum absolute atomic E-state index is 0.0517. The number of amides is 1. The SMILES string of the molecule is CN(C)c1ccc(-c2cc(C3CN4CCC3CC4CNC(=O)COc3ccccc3)n(C)n2)cc1. The van der Waals surface area contributed by atoms with Crippen LogP contribution in [0, 0.1) is 5.92 Å². The number of benzene rings is 2. The first kappa shape index (κ1) is 23.4. The molecule has 3 aromatic rings. The van der Waals surface area contributed by atoms with E-state index in [4.69, 9.17) is 9.84 Å². The summed E-state index contributed by atoms with van der Waals surface area (Å²) < 4.78 is 7.65. The summed E-state index contributed by atoms with van der Waals surface area (Å²) in [5.74, 6) is 1.74. The first-order valence-electron chi connectivity index (χ1n) is 12.5. The molecule has 3 aliphatic heterocycles. The van der Waals surface area contributed by atoms with Gasteiger partial charge < -0.3 is 15.0 Å². The Kier molecular flexibility index (Phi) is 6.77. The van der Waals surface area contributed by atoms with Crippen molar-refractivity contribution in [3.63, 3.8) is 0 Å². The molecule has 1 amide bonds. The van der Waals surface area contributed by atoms with Crippen LogP contribution in [0.25, 0.3) is 11.3 Å². The number of anilines is 1. The van der Waals surface area contributed by atoms with Crippen LogP contribution >= 0.6 is 0 Å². The van der Waals surface area contributed by atoms with Crippen LogP contribution in [0.15, 0.2) is 60.7 Å². The van der Waals surface area contributed by atoms with E-state index in [0.29, 0.717) is 24.4 Å². The molecule has 7 heteroatoms. The lowest BCUT2D eigenvalue weighted by Crippen LogP contribution is -2.56. The highest BCUT2D eigenvalue weighted by Crippen LogP contribution is 2.42. The minimum Gasteiger partial charge on any atom is -0.484 e. The maximum atomic E-state index is 12.3. The average Bonchev–Trinajstić information content (AvgIpc) is 3.28. The number of piperidine rings is 3. The summed E-state index contributed by atoms with van der Waals surface area (Å²) >= 11 is 0. The monoisotopic (exact) mass is 473 g/mol. The second-order valence-corrected chi connectivity index (χ2v) is 9.96. The number of nitrogens with one attached hydrogen (secondary N) is 1. The molecule has 3 saturated heterocycles. The highest BCUT2D eigenvalue weighted by atomic mass is 16.5. The fourth-order valence-corrected chi connectivity index (χ4v) is 5.53. The molecule has 2 aromatic carbocycles. The summed E-state index contributed by atoms with van der Waals surface area (Å²) in [5.41, 5.74) is 4.68. The average molecular weight is 474 g/mol. The van der Waals surface area contributed by atoms with Gasteiger partial charge in [-0.3, -0.25) is 14.4 Å². The predicted molar refractivity (Wildman–Crippen MR) is 139 cm³/mol. The zero-order valence-electron chi connectivity index (χ0n) is 20.9. The number of hydrogen-bond acceptors (Lipinski definition) is 5. The van der Waals surface area contributed by atoms with Gasteiger partial charge in [-0.15, -0.1) is 0 Å². The van der Waals surface area contributed by atoms with E-state index < -0.39 is 0 Å². The Labute approximate surface area is 207 Å². The Morgan fingerprint density at radius 2 is 1.91 bits per heavy atom. The van der Waals surface area contributed by atoms with Gasteiger partial charge >= 0.3 is 0 Å². The number of hydrogen-bond donors (Lipinski definition) is 1. The van der Waals surface area contributed by atoms with Crippen molar-refractivity contribution in [3.05, 3.63) is 66.4 Å². The van der Waals surface area contributed by atoms with Crippen LogP contribution < -0.4 is 15.0 Å². The van der Waals surface area contributed by atoms with E-state index in [-0.39, 0.29) is 12.5 Å². The topological polar surface area (TPSA) is 62.6 Å². The minimum atomic E-state index is -0.0652. The Balaban J connectivity index is 1.18. The van der Waals surface area contributed by atoms with Crippen molar-refractivity contribution in [2.75, 3.05) is 45.2 Å². The lowest BCUT2D eigenvalue weighted by Gasteiger charge is -2.49. The lowest BCUT2D eigenvalue weighted by atomic mass is 9.74. The molecule has 2 bridgehead atoms. The molecule has 0 aliphatic carbocycles. The number of aromatic nitrogens is 2. The number of rotatable bonds is 8. The molecule has 7 nitrogen and oxygen atoms in total. The van der Waals surface area contributed by atoms with Gasteiger partial charge in [0.25, 0.3) is 5.91 Å². The third-order valence-corrected chi connectivity index (χ3v) is 7.50. The van der Waals surface area contributed by atoms with Crippen molar-refractivity contribution < 1.29 is 9.53 Å². The first-order valence-corrected chi connectivity index (χ1v) is 12.5. The normalized spacial score (nSPS) is 23.2. The zero-order chi connectivity index (χ0) is 24.4. The second-order valence-electron chi connectivity index (χ2n) is 9.96. The van der Waals surface area contributed by atoms with Crippen molar-refractivity contribution in [1.82, 2.24) is 20.0 Å². The van der Waals surface area contributed by atoms with Gasteiger partial charge in [-0.05, 0) is 55.6 Å². The Morgan fingerprint density at radius 1 is 1.14 bits per heavy atom. The maximum Gasteiger partial charge on any atom is 0.257 e. The zero-order valence-corrected chi connectivity index (χ0v) is 20.9. The van der Waals surface area contributed by atoms with E-state index in [0.717, 1.165) is 36.5 Å². The van der Waals surface area contributed by atoms with E-state index in [1.807, 2.05) is 30.3 Å². The van der Waals surface area contributed by atoms with Crippen LogP contribution in [0.5, 0.6) is 5.75 Å². The van der Waals surface area contributed by atoms with Gasteiger partial charge in [0.2, 0.25) is 0 Å². The molecule has 0 saturated carbocycles. The van der Waals surface area contributed by atoms with Gasteiger partial charge in [-0.2, -0.15) is 5.10 Å². The molecule has 35 heavy (non-hydrogen) atoms. The van der Waals surface area contributed by atoms with Gasteiger partial charge in [-0.25, -0.2) is 0 Å². The molecule has 0 radical (unpaired) electrons. The predicted octanol–water partition coefficient (Wildman–Crippen LogP) is 3.53. The summed E-state index contributed by atoms with van der Waals surface area (Å²) in [7, 11) is 6.17. The largest absolute Gasteiger partial charge is 0.484 e. The summed E-state index contributed by atoms with van der Waals surface area (Å²) in [6.45, 7) is 2.84. The molecule has 3 aliphatic rings. The van der Waals surface area contributed by atoms with Gasteiger partial charge in [0.1, 0.15) is 5.75 Å². The van der Waals surface area contributed by atoms with Crippen molar-refractivity contribution in [3.8, 4) is 17.0 Å². The number of carbonyl (C=O) groups excluding carboxylic acids is 1. The highest BCUT2D eigenvalue weighted by Gasteiger charge is 2.41. The molecule has 4 unspecified atom stereocenters. The number of nitrogens with zero attached hydrogens (tertiary/aromatic N) is 4. The van der Waals surface area contributed by atoms with Gasteiger partial charge in [0, 0.05) is 63.1 Å². The number of ether oxygens (including phenoxy) is 1. The molecule has 184 valence electrons. The van der Waals surface area contributed by atoms with Crippen LogP contribution in [0.1, 0.15) is 24.5 Å². The van der Waals surface area contributed by atoms with Gasteiger partial charge in [0.05, 0.1) is 5.69 Å². The molecule has 0 spiro atoms. The Hall–Kier alpha value is -3.32. The Morgan fingerprint density at radius 3 is 2.60 bits per heavy atom. The Bertz CT molecular complexity index is 1140. The molecule has 4 atom stereocenters. The maximum absolute atomic E-state index is 12.3. The number of fused-ring (bicyclic) bond motifs is 3. The van der Waals surface area contributed by atoms with Crippen molar-refractivity contribution >= 4 is 11.6 Å². The lowest BCUT2D eigenvalue weighted by molar-refractivity contribution is -0.123. The smallest absolute Gasteiger partial charge is 0.257 e. The van der Waals surface area contributed by atoms with Crippen LogP contribution in [0.3, 0.4) is 0 Å². The van der Waals surface area contributed by atoms with E-state index in [1.54, 1.807) is 0 Å². The number of carbonyl (C=O) groups is 1. The standard InChI is InChI=1S/C28H35N5O2/c1-31(2)22-11-9-20(10-12-22)26-16-27(32(3)30-26)25-18-33-14-13-21(25)15-23(33)17-29-28(34)19-35-24-7-5-4-6-8-24/h4-12,16,21,23,25H,13-15,17-19H2,1-3H3,(H,29,34). The second kappa shape index (κ2) is 10.1. The molecule has 1 N–H and O–H groups in total. The van der Waals surface area contributed by atoms with Crippen LogP contribution in [0.4, 0.5) is 5.69 Å². The highest BCUT2D eigenvalue weighted by molar-refractivity contribution is 5.77. The third kappa shape index (κ3) is 5.20. The number of aryl methyl sites for hydroxylation is 1. The van der Waals surface area contributed by atoms with Gasteiger partial charge in [0.15, 0.2) is 6.61 Å². The molecular weight excluding hydrogens is 438 g/mol. The molecular formula is C28H35N5O2. The van der Waals surface area contributed by atoms with Crippen molar-refractivity contribution in [2.45, 2.75) is 24.8 Å². The third-order valence-electron chi connectivity index (χ3n) is 7.50. The van der Waals surface area contributed by atoms with Crippen LogP contribution in [-0.2, 0) is 11.8 Å². The van der Waals surface area contributed by atoms with Gasteiger partial charge in [-0.1, -0.05) is 30.3 Å². The quantitative estimate of drug-likeness (QED) is 0.542. The summed E-state index contributed by atoms with van der Waals surface area (Å²) in [5, 5.41) is 7.94. The van der Waals surface area contributed by atoms with E-state index >= 15 is 0 Å². The van der Waals surface area contributed by atoms with Crippen LogP contribution in [-0.4, -0.2) is 67.0 Å². The molecule has 4 heterocycles. The molecule has 6 rings (SSSR count). The molecule has 3 fully saturated rings. The van der Waals surface area contributed by atoms with Crippen LogP contribution in [0.2, 0.25) is 0 Å².